The molecule has 0 aliphatic rings. The molecule has 0 atom stereocenters. The highest BCUT2D eigenvalue weighted by Gasteiger charge is 1.96. The average molecular weight is 189 g/mol. The molecule has 0 saturated heterocycles. The summed E-state index contributed by atoms with van der Waals surface area (Å²) in [5.74, 6) is -0.0334. The first kappa shape index (κ1) is 14.6. The summed E-state index contributed by atoms with van der Waals surface area (Å²) in [6, 6.07) is 0. The van der Waals surface area contributed by atoms with Crippen molar-refractivity contribution in [1.82, 2.24) is 5.32 Å². The lowest BCUT2D eigenvalue weighted by Crippen LogP contribution is -2.23. The van der Waals surface area contributed by atoms with E-state index < -0.39 is 0 Å². The highest BCUT2D eigenvalue weighted by Crippen LogP contribution is 1.83. The van der Waals surface area contributed by atoms with Crippen LogP contribution >= 0.6 is 0 Å². The van der Waals surface area contributed by atoms with Gasteiger partial charge in [0, 0.05) is 33.6 Å². The molecule has 0 aliphatic heterocycles. The van der Waals surface area contributed by atoms with Crippen LogP contribution in [-0.2, 0) is 14.3 Å². The molecule has 0 saturated carbocycles. The standard InChI is InChI=1S/C7H13NO2.C2H6O/c1-2-5-8-7(10)4-3-6-9;1-3-2/h6H,2-5H2,1H3,(H,8,10);1-2H3. The number of hydrogen-bond acceptors (Lipinski definition) is 3. The van der Waals surface area contributed by atoms with Crippen LogP contribution in [0.2, 0.25) is 0 Å². The number of aldehydes is 1. The van der Waals surface area contributed by atoms with Gasteiger partial charge in [-0.1, -0.05) is 6.92 Å². The lowest BCUT2D eigenvalue weighted by Gasteiger charge is -1.98. The van der Waals surface area contributed by atoms with Crippen molar-refractivity contribution < 1.29 is 14.3 Å². The first-order chi connectivity index (χ1) is 6.22. The van der Waals surface area contributed by atoms with Crippen LogP contribution in [-0.4, -0.2) is 33.0 Å². The number of ether oxygens (including phenoxy) is 1. The van der Waals surface area contributed by atoms with Crippen LogP contribution in [0.5, 0.6) is 0 Å². The Labute approximate surface area is 79.7 Å². The zero-order valence-electron chi connectivity index (χ0n) is 8.63. The first-order valence-corrected chi connectivity index (χ1v) is 4.33. The molecule has 0 fully saturated rings. The van der Waals surface area contributed by atoms with E-state index >= 15 is 0 Å². The van der Waals surface area contributed by atoms with E-state index in [0.717, 1.165) is 12.7 Å². The van der Waals surface area contributed by atoms with Crippen LogP contribution in [0.15, 0.2) is 0 Å². The van der Waals surface area contributed by atoms with Crippen LogP contribution in [0.3, 0.4) is 0 Å². The smallest absolute Gasteiger partial charge is 0.220 e. The number of rotatable bonds is 5. The molecule has 4 heteroatoms. The quantitative estimate of drug-likeness (QED) is 0.649. The fraction of sp³-hybridized carbons (Fsp3) is 0.778. The van der Waals surface area contributed by atoms with Gasteiger partial charge in [-0.15, -0.1) is 0 Å². The van der Waals surface area contributed by atoms with Gasteiger partial charge in [-0.25, -0.2) is 0 Å². The monoisotopic (exact) mass is 189 g/mol. The minimum Gasteiger partial charge on any atom is -0.388 e. The maximum Gasteiger partial charge on any atom is 0.220 e. The topological polar surface area (TPSA) is 55.4 Å². The maximum atomic E-state index is 10.7. The van der Waals surface area contributed by atoms with E-state index in [-0.39, 0.29) is 5.91 Å². The molecule has 0 radical (unpaired) electrons. The fourth-order valence-electron chi connectivity index (χ4n) is 0.543. The summed E-state index contributed by atoms with van der Waals surface area (Å²) in [4.78, 5) is 20.5. The predicted molar refractivity (Wildman–Crippen MR) is 51.5 cm³/mol. The molecular weight excluding hydrogens is 170 g/mol. The molecule has 1 amide bonds. The van der Waals surface area contributed by atoms with Crippen molar-refractivity contribution in [3.05, 3.63) is 0 Å². The number of carbonyl (C=O) groups is 2. The van der Waals surface area contributed by atoms with E-state index in [2.05, 4.69) is 10.1 Å². The zero-order valence-corrected chi connectivity index (χ0v) is 8.63. The van der Waals surface area contributed by atoms with Crippen LogP contribution in [0, 0.1) is 0 Å². The molecule has 0 aromatic heterocycles. The number of carbonyl (C=O) groups excluding carboxylic acids is 2. The van der Waals surface area contributed by atoms with Crippen molar-refractivity contribution >= 4 is 12.2 Å². The van der Waals surface area contributed by atoms with E-state index in [9.17, 15) is 9.59 Å². The van der Waals surface area contributed by atoms with Gasteiger partial charge in [0.15, 0.2) is 0 Å². The van der Waals surface area contributed by atoms with E-state index in [0.29, 0.717) is 19.4 Å². The second kappa shape index (κ2) is 13.7. The van der Waals surface area contributed by atoms with E-state index in [4.69, 9.17) is 0 Å². The van der Waals surface area contributed by atoms with Crippen molar-refractivity contribution in [2.24, 2.45) is 0 Å². The van der Waals surface area contributed by atoms with E-state index in [1.807, 2.05) is 6.92 Å². The third-order valence-electron chi connectivity index (χ3n) is 1.06. The molecule has 78 valence electrons. The molecule has 13 heavy (non-hydrogen) atoms. The minimum atomic E-state index is -0.0334. The Hall–Kier alpha value is -0.900. The number of nitrogens with one attached hydrogen (secondary N) is 1. The van der Waals surface area contributed by atoms with E-state index in [1.54, 1.807) is 14.2 Å². The van der Waals surface area contributed by atoms with Crippen molar-refractivity contribution in [3.63, 3.8) is 0 Å². The molecule has 0 unspecified atom stereocenters. The first-order valence-electron chi connectivity index (χ1n) is 4.33. The lowest BCUT2D eigenvalue weighted by atomic mass is 10.3. The van der Waals surface area contributed by atoms with Crippen LogP contribution in [0.4, 0.5) is 0 Å². The second-order valence-corrected chi connectivity index (χ2v) is 2.46. The molecule has 0 aromatic carbocycles. The molecular formula is C9H19NO3. The minimum absolute atomic E-state index is 0.0334. The summed E-state index contributed by atoms with van der Waals surface area (Å²) >= 11 is 0. The summed E-state index contributed by atoms with van der Waals surface area (Å²) < 4.78 is 4.25. The zero-order chi connectivity index (χ0) is 10.5. The van der Waals surface area contributed by atoms with Gasteiger partial charge in [0.1, 0.15) is 6.29 Å². The molecule has 0 bridgehead atoms. The summed E-state index contributed by atoms with van der Waals surface area (Å²) in [6.45, 7) is 2.69. The van der Waals surface area contributed by atoms with E-state index in [1.165, 1.54) is 0 Å². The summed E-state index contributed by atoms with van der Waals surface area (Å²) in [5.41, 5.74) is 0. The van der Waals surface area contributed by atoms with Crippen LogP contribution < -0.4 is 5.32 Å². The summed E-state index contributed by atoms with van der Waals surface area (Å²) in [6.07, 6.45) is 2.34. The van der Waals surface area contributed by atoms with Crippen molar-refractivity contribution in [2.45, 2.75) is 26.2 Å². The predicted octanol–water partition coefficient (Wildman–Crippen LogP) is 0.754. The van der Waals surface area contributed by atoms with Gasteiger partial charge in [0.2, 0.25) is 5.91 Å². The Morgan fingerprint density at radius 2 is 2.00 bits per heavy atom. The highest BCUT2D eigenvalue weighted by molar-refractivity contribution is 5.77. The van der Waals surface area contributed by atoms with Gasteiger partial charge in [-0.2, -0.15) is 0 Å². The fourth-order valence-corrected chi connectivity index (χ4v) is 0.543. The molecule has 0 heterocycles. The largest absolute Gasteiger partial charge is 0.388 e. The number of methoxy groups -OCH3 is 1. The molecule has 0 spiro atoms. The third kappa shape index (κ3) is 18.2. The van der Waals surface area contributed by atoms with Gasteiger partial charge >= 0.3 is 0 Å². The third-order valence-corrected chi connectivity index (χ3v) is 1.06. The molecule has 4 nitrogen and oxygen atoms in total. The Bertz CT molecular complexity index is 126. The lowest BCUT2D eigenvalue weighted by molar-refractivity contribution is -0.122. The van der Waals surface area contributed by atoms with Crippen LogP contribution in [0.1, 0.15) is 26.2 Å². The van der Waals surface area contributed by atoms with Crippen molar-refractivity contribution in [1.29, 1.82) is 0 Å². The van der Waals surface area contributed by atoms with Gasteiger partial charge in [0.05, 0.1) is 0 Å². The maximum absolute atomic E-state index is 10.7. The highest BCUT2D eigenvalue weighted by atomic mass is 16.4. The van der Waals surface area contributed by atoms with Gasteiger partial charge in [0.25, 0.3) is 0 Å². The van der Waals surface area contributed by atoms with Gasteiger partial charge in [-0.05, 0) is 6.42 Å². The second-order valence-electron chi connectivity index (χ2n) is 2.46. The Balaban J connectivity index is 0. The Morgan fingerprint density at radius 3 is 2.38 bits per heavy atom. The van der Waals surface area contributed by atoms with Crippen LogP contribution in [0.25, 0.3) is 0 Å². The SMILES string of the molecule is CCCNC(=O)CCC=O.COC. The Kier molecular flexibility index (Phi) is 15.4. The Morgan fingerprint density at radius 1 is 1.46 bits per heavy atom. The average Bonchev–Trinajstić information content (AvgIpc) is 2.12. The van der Waals surface area contributed by atoms with Crippen molar-refractivity contribution in [2.75, 3.05) is 20.8 Å². The molecule has 0 aliphatic carbocycles. The normalized spacial score (nSPS) is 8.23. The molecule has 1 N–H and O–H groups in total. The summed E-state index contributed by atoms with van der Waals surface area (Å²) in [7, 11) is 3.25. The molecule has 0 rings (SSSR count). The summed E-state index contributed by atoms with van der Waals surface area (Å²) in [5, 5.41) is 2.67. The number of amides is 1. The van der Waals surface area contributed by atoms with Crippen molar-refractivity contribution in [3.8, 4) is 0 Å². The van der Waals surface area contributed by atoms with Gasteiger partial charge in [-0.3, -0.25) is 4.79 Å². The number of hydrogen-bond donors (Lipinski definition) is 1. The van der Waals surface area contributed by atoms with Gasteiger partial charge < -0.3 is 14.8 Å². The molecule has 0 aromatic rings.